The number of primary amides is 1. The van der Waals surface area contributed by atoms with Gasteiger partial charge in [0.25, 0.3) is 5.91 Å². The van der Waals surface area contributed by atoms with E-state index in [1.165, 1.54) is 0 Å². The molecule has 0 saturated carbocycles. The smallest absolute Gasteiger partial charge is 0.251 e. The summed E-state index contributed by atoms with van der Waals surface area (Å²) in [4.78, 5) is 10.2. The predicted octanol–water partition coefficient (Wildman–Crippen LogP) is 0.225. The fourth-order valence-electron chi connectivity index (χ4n) is 0.936. The lowest BCUT2D eigenvalue weighted by Crippen LogP contribution is -2.17. The van der Waals surface area contributed by atoms with Crippen LogP contribution in [0.1, 0.15) is 10.4 Å². The zero-order chi connectivity index (χ0) is 11.8. The molecule has 0 unspecified atom stereocenters. The number of sulfonamides is 1. The van der Waals surface area contributed by atoms with Gasteiger partial charge in [0.1, 0.15) is 10.7 Å². The summed E-state index contributed by atoms with van der Waals surface area (Å²) >= 11 is 5.44. The van der Waals surface area contributed by atoms with E-state index in [9.17, 15) is 17.6 Å². The number of rotatable bonds is 2. The standard InChI is InChI=1S/C7H6ClFN2O3S/c8-4-2-5(9)3(7(10)12)1-6(4)15(11,13)14/h1-2H,(H2,10,12)(H2,11,13,14). The van der Waals surface area contributed by atoms with Crippen molar-refractivity contribution < 1.29 is 17.6 Å². The molecule has 0 aliphatic heterocycles. The predicted molar refractivity (Wildman–Crippen MR) is 51.3 cm³/mol. The van der Waals surface area contributed by atoms with Gasteiger partial charge in [0.05, 0.1) is 10.6 Å². The molecule has 8 heteroatoms. The third-order valence-electron chi connectivity index (χ3n) is 1.59. The van der Waals surface area contributed by atoms with E-state index >= 15 is 0 Å². The summed E-state index contributed by atoms with van der Waals surface area (Å²) in [5, 5.41) is 4.39. The van der Waals surface area contributed by atoms with Crippen LogP contribution in [0.25, 0.3) is 0 Å². The van der Waals surface area contributed by atoms with Crippen LogP contribution in [0.5, 0.6) is 0 Å². The van der Waals surface area contributed by atoms with Crippen LogP contribution in [0.3, 0.4) is 0 Å². The average Bonchev–Trinajstić information content (AvgIpc) is 2.00. The monoisotopic (exact) mass is 252 g/mol. The fraction of sp³-hybridized carbons (Fsp3) is 0. The zero-order valence-corrected chi connectivity index (χ0v) is 8.77. The van der Waals surface area contributed by atoms with E-state index in [4.69, 9.17) is 22.5 Å². The Morgan fingerprint density at radius 1 is 1.40 bits per heavy atom. The lowest BCUT2D eigenvalue weighted by Gasteiger charge is -2.04. The van der Waals surface area contributed by atoms with Gasteiger partial charge in [-0.25, -0.2) is 17.9 Å². The molecule has 1 rings (SSSR count). The Morgan fingerprint density at radius 3 is 2.33 bits per heavy atom. The van der Waals surface area contributed by atoms with Gasteiger partial charge < -0.3 is 5.73 Å². The summed E-state index contributed by atoms with van der Waals surface area (Å²) in [7, 11) is -4.11. The number of carbonyl (C=O) groups excluding carboxylic acids is 1. The van der Waals surface area contributed by atoms with Crippen molar-refractivity contribution in [2.24, 2.45) is 10.9 Å². The molecule has 82 valence electrons. The summed E-state index contributed by atoms with van der Waals surface area (Å²) in [5.74, 6) is -2.10. The first-order chi connectivity index (χ1) is 6.73. The number of benzene rings is 1. The maximum absolute atomic E-state index is 13.0. The molecule has 0 saturated heterocycles. The third-order valence-corrected chi connectivity index (χ3v) is 2.97. The molecule has 4 N–H and O–H groups in total. The van der Waals surface area contributed by atoms with Gasteiger partial charge in [-0.2, -0.15) is 0 Å². The van der Waals surface area contributed by atoms with Crippen molar-refractivity contribution in [2.75, 3.05) is 0 Å². The van der Waals surface area contributed by atoms with E-state index in [-0.39, 0.29) is 0 Å². The zero-order valence-electron chi connectivity index (χ0n) is 7.20. The summed E-state index contributed by atoms with van der Waals surface area (Å²) in [6, 6.07) is 1.37. The highest BCUT2D eigenvalue weighted by molar-refractivity contribution is 7.89. The molecule has 0 aliphatic rings. The summed E-state index contributed by atoms with van der Waals surface area (Å²) in [6.07, 6.45) is 0. The highest BCUT2D eigenvalue weighted by atomic mass is 35.5. The lowest BCUT2D eigenvalue weighted by molar-refractivity contribution is 0.0996. The number of hydrogen-bond donors (Lipinski definition) is 2. The third kappa shape index (κ3) is 2.44. The maximum atomic E-state index is 13.0. The molecule has 1 amide bonds. The van der Waals surface area contributed by atoms with Crippen LogP contribution in [0.2, 0.25) is 5.02 Å². The molecule has 0 aliphatic carbocycles. The molecule has 0 atom stereocenters. The molecule has 1 aromatic carbocycles. The maximum Gasteiger partial charge on any atom is 0.251 e. The van der Waals surface area contributed by atoms with Gasteiger partial charge in [-0.05, 0) is 12.1 Å². The molecule has 0 aromatic heterocycles. The molecule has 15 heavy (non-hydrogen) atoms. The molecule has 0 heterocycles. The quantitative estimate of drug-likeness (QED) is 0.787. The van der Waals surface area contributed by atoms with Crippen molar-refractivity contribution in [1.29, 1.82) is 0 Å². The Balaban J connectivity index is 3.58. The Hall–Kier alpha value is -1.18. The van der Waals surface area contributed by atoms with Crippen molar-refractivity contribution in [3.8, 4) is 0 Å². The van der Waals surface area contributed by atoms with E-state index in [1.807, 2.05) is 0 Å². The van der Waals surface area contributed by atoms with Gasteiger partial charge in [-0.1, -0.05) is 11.6 Å². The minimum absolute atomic E-state index is 0.403. The largest absolute Gasteiger partial charge is 0.366 e. The number of carbonyl (C=O) groups is 1. The van der Waals surface area contributed by atoms with Gasteiger partial charge in [0.2, 0.25) is 10.0 Å². The first-order valence-corrected chi connectivity index (χ1v) is 5.47. The molecule has 0 spiro atoms. The molecule has 5 nitrogen and oxygen atoms in total. The van der Waals surface area contributed by atoms with Crippen molar-refractivity contribution >= 4 is 27.5 Å². The topological polar surface area (TPSA) is 103 Å². The molecule has 0 bridgehead atoms. The van der Waals surface area contributed by atoms with Crippen LogP contribution in [0, 0.1) is 5.82 Å². The second-order valence-electron chi connectivity index (χ2n) is 2.67. The normalized spacial score (nSPS) is 11.4. The minimum atomic E-state index is -4.11. The van der Waals surface area contributed by atoms with Crippen LogP contribution in [-0.2, 0) is 10.0 Å². The first-order valence-electron chi connectivity index (χ1n) is 3.55. The molecular weight excluding hydrogens is 247 g/mol. The first kappa shape index (κ1) is 11.9. The van der Waals surface area contributed by atoms with Gasteiger partial charge in [-0.15, -0.1) is 0 Å². The Labute approximate surface area is 89.9 Å². The Morgan fingerprint density at radius 2 is 1.93 bits per heavy atom. The van der Waals surface area contributed by atoms with Crippen molar-refractivity contribution in [3.63, 3.8) is 0 Å². The van der Waals surface area contributed by atoms with Crippen LogP contribution < -0.4 is 10.9 Å². The summed E-state index contributed by atoms with van der Waals surface area (Å²) in [6.45, 7) is 0. The number of hydrogen-bond acceptors (Lipinski definition) is 3. The molecule has 0 radical (unpaired) electrons. The molecule has 0 fully saturated rings. The molecular formula is C7H6ClFN2O3S. The molecule has 1 aromatic rings. The van der Waals surface area contributed by atoms with E-state index < -0.39 is 37.2 Å². The summed E-state index contributed by atoms with van der Waals surface area (Å²) in [5.41, 5.74) is 4.24. The number of amides is 1. The Kier molecular flexibility index (Phi) is 2.98. The minimum Gasteiger partial charge on any atom is -0.366 e. The van der Waals surface area contributed by atoms with E-state index in [0.29, 0.717) is 12.1 Å². The summed E-state index contributed by atoms with van der Waals surface area (Å²) < 4.78 is 35.0. The van der Waals surface area contributed by atoms with Crippen LogP contribution in [-0.4, -0.2) is 14.3 Å². The van der Waals surface area contributed by atoms with E-state index in [0.717, 1.165) is 0 Å². The highest BCUT2D eigenvalue weighted by Crippen LogP contribution is 2.23. The SMILES string of the molecule is NC(=O)c1cc(S(N)(=O)=O)c(Cl)cc1F. The second-order valence-corrected chi connectivity index (χ2v) is 4.61. The Bertz CT molecular complexity index is 529. The van der Waals surface area contributed by atoms with Crippen molar-refractivity contribution in [1.82, 2.24) is 0 Å². The van der Waals surface area contributed by atoms with Crippen LogP contribution >= 0.6 is 11.6 Å². The fourth-order valence-corrected chi connectivity index (χ4v) is 2.02. The number of halogens is 2. The highest BCUT2D eigenvalue weighted by Gasteiger charge is 2.19. The van der Waals surface area contributed by atoms with Crippen LogP contribution in [0.15, 0.2) is 17.0 Å². The van der Waals surface area contributed by atoms with E-state index in [2.05, 4.69) is 0 Å². The second kappa shape index (κ2) is 3.76. The van der Waals surface area contributed by atoms with Gasteiger partial charge in [0, 0.05) is 0 Å². The van der Waals surface area contributed by atoms with E-state index in [1.54, 1.807) is 0 Å². The van der Waals surface area contributed by atoms with Crippen molar-refractivity contribution in [3.05, 3.63) is 28.5 Å². The lowest BCUT2D eigenvalue weighted by atomic mass is 10.2. The average molecular weight is 253 g/mol. The van der Waals surface area contributed by atoms with Gasteiger partial charge in [0.15, 0.2) is 0 Å². The number of nitrogens with two attached hydrogens (primary N) is 2. The van der Waals surface area contributed by atoms with Gasteiger partial charge in [-0.3, -0.25) is 4.79 Å². The van der Waals surface area contributed by atoms with Gasteiger partial charge >= 0.3 is 0 Å². The van der Waals surface area contributed by atoms with Crippen LogP contribution in [0.4, 0.5) is 4.39 Å². The van der Waals surface area contributed by atoms with Crippen molar-refractivity contribution in [2.45, 2.75) is 4.90 Å². The number of primary sulfonamides is 1.